The van der Waals surface area contributed by atoms with Crippen molar-refractivity contribution in [3.05, 3.63) is 56.2 Å². The number of benzene rings is 1. The quantitative estimate of drug-likeness (QED) is 0.737. The van der Waals surface area contributed by atoms with Gasteiger partial charge in [-0.3, -0.25) is 4.79 Å². The Labute approximate surface area is 117 Å². The summed E-state index contributed by atoms with van der Waals surface area (Å²) in [6, 6.07) is 9.34. The lowest BCUT2D eigenvalue weighted by molar-refractivity contribution is 0.100. The number of ether oxygens (including phenoxy) is 1. The van der Waals surface area contributed by atoms with Crippen LogP contribution in [-0.2, 0) is 0 Å². The van der Waals surface area contributed by atoms with Gasteiger partial charge in [-0.05, 0) is 40.2 Å². The van der Waals surface area contributed by atoms with Crippen LogP contribution in [0.15, 0.2) is 45.8 Å². The van der Waals surface area contributed by atoms with Crippen molar-refractivity contribution in [2.24, 2.45) is 0 Å². The Bertz CT molecular complexity index is 643. The molecule has 90 valence electrons. The number of hydrogen-bond donors (Lipinski definition) is 0. The summed E-state index contributed by atoms with van der Waals surface area (Å²) in [7, 11) is 0. The summed E-state index contributed by atoms with van der Waals surface area (Å²) >= 11 is 5.00. The number of carbonyl (C=O) groups excluding carboxylic acids is 1. The summed E-state index contributed by atoms with van der Waals surface area (Å²) < 4.78 is 6.62. The van der Waals surface area contributed by atoms with Gasteiger partial charge in [0.05, 0.1) is 5.56 Å². The molecule has 0 radical (unpaired) electrons. The summed E-state index contributed by atoms with van der Waals surface area (Å²) in [5.41, 5.74) is 1.34. The van der Waals surface area contributed by atoms with Crippen LogP contribution < -0.4 is 4.74 Å². The van der Waals surface area contributed by atoms with Crippen LogP contribution in [0.2, 0.25) is 0 Å². The first-order valence-electron chi connectivity index (χ1n) is 5.45. The minimum Gasteiger partial charge on any atom is -0.488 e. The Balaban J connectivity index is 1.98. The van der Waals surface area contributed by atoms with Crippen LogP contribution in [0, 0.1) is 0 Å². The SMILES string of the molecule is O=C1C(=Cc2cc(Br)cs2)COc2ccccc21. The normalized spacial score (nSPS) is 16.5. The van der Waals surface area contributed by atoms with E-state index < -0.39 is 0 Å². The van der Waals surface area contributed by atoms with Gasteiger partial charge in [0.25, 0.3) is 0 Å². The van der Waals surface area contributed by atoms with Gasteiger partial charge in [-0.2, -0.15) is 0 Å². The molecule has 0 bridgehead atoms. The van der Waals surface area contributed by atoms with E-state index in [4.69, 9.17) is 4.74 Å². The van der Waals surface area contributed by atoms with Crippen molar-refractivity contribution in [2.45, 2.75) is 0 Å². The fourth-order valence-corrected chi connectivity index (χ4v) is 3.26. The Morgan fingerprint density at radius 2 is 2.17 bits per heavy atom. The summed E-state index contributed by atoms with van der Waals surface area (Å²) in [6.07, 6.45) is 1.90. The van der Waals surface area contributed by atoms with E-state index in [0.717, 1.165) is 9.35 Å². The second kappa shape index (κ2) is 4.71. The number of thiophene rings is 1. The van der Waals surface area contributed by atoms with Crippen LogP contribution in [0.25, 0.3) is 6.08 Å². The molecule has 2 heterocycles. The topological polar surface area (TPSA) is 26.3 Å². The standard InChI is InChI=1S/C14H9BrO2S/c15-10-6-11(18-8-10)5-9-7-17-13-4-2-1-3-12(13)14(9)16/h1-6,8H,7H2. The molecule has 2 aromatic rings. The largest absolute Gasteiger partial charge is 0.488 e. The molecule has 2 nitrogen and oxygen atoms in total. The van der Waals surface area contributed by atoms with Crippen molar-refractivity contribution < 1.29 is 9.53 Å². The van der Waals surface area contributed by atoms with Gasteiger partial charge in [-0.25, -0.2) is 0 Å². The van der Waals surface area contributed by atoms with Crippen molar-refractivity contribution in [3.8, 4) is 5.75 Å². The molecule has 0 fully saturated rings. The number of fused-ring (bicyclic) bond motifs is 1. The molecule has 4 heteroatoms. The maximum atomic E-state index is 12.3. The highest BCUT2D eigenvalue weighted by Gasteiger charge is 2.22. The Morgan fingerprint density at radius 1 is 1.33 bits per heavy atom. The number of para-hydroxylation sites is 1. The molecule has 1 aromatic heterocycles. The fraction of sp³-hybridized carbons (Fsp3) is 0.0714. The first-order valence-corrected chi connectivity index (χ1v) is 7.12. The molecule has 0 saturated heterocycles. The van der Waals surface area contributed by atoms with Gasteiger partial charge < -0.3 is 4.74 Å². The third-order valence-corrected chi connectivity index (χ3v) is 4.35. The molecule has 0 atom stereocenters. The Kier molecular flexibility index (Phi) is 3.06. The molecule has 0 unspecified atom stereocenters. The van der Waals surface area contributed by atoms with Crippen LogP contribution in [0.4, 0.5) is 0 Å². The second-order valence-electron chi connectivity index (χ2n) is 3.95. The van der Waals surface area contributed by atoms with Crippen molar-refractivity contribution in [2.75, 3.05) is 6.61 Å². The van der Waals surface area contributed by atoms with E-state index in [1.54, 1.807) is 17.4 Å². The van der Waals surface area contributed by atoms with Gasteiger partial charge in [0.2, 0.25) is 0 Å². The van der Waals surface area contributed by atoms with Crippen LogP contribution in [0.3, 0.4) is 0 Å². The highest BCUT2D eigenvalue weighted by Crippen LogP contribution is 2.29. The van der Waals surface area contributed by atoms with E-state index in [1.807, 2.05) is 35.7 Å². The van der Waals surface area contributed by atoms with E-state index >= 15 is 0 Å². The predicted octanol–water partition coefficient (Wildman–Crippen LogP) is 4.17. The van der Waals surface area contributed by atoms with E-state index in [0.29, 0.717) is 23.5 Å². The molecule has 0 saturated carbocycles. The lowest BCUT2D eigenvalue weighted by Gasteiger charge is -2.18. The van der Waals surface area contributed by atoms with Gasteiger partial charge in [-0.1, -0.05) is 12.1 Å². The third kappa shape index (κ3) is 2.13. The first-order chi connectivity index (χ1) is 8.74. The zero-order valence-corrected chi connectivity index (χ0v) is 11.8. The number of ketones is 1. The number of rotatable bonds is 1. The second-order valence-corrected chi connectivity index (χ2v) is 5.81. The molecule has 3 rings (SSSR count). The van der Waals surface area contributed by atoms with Gasteiger partial charge in [0.1, 0.15) is 12.4 Å². The highest BCUT2D eigenvalue weighted by atomic mass is 79.9. The average molecular weight is 321 g/mol. The van der Waals surface area contributed by atoms with Crippen molar-refractivity contribution in [1.29, 1.82) is 0 Å². The van der Waals surface area contributed by atoms with E-state index in [1.165, 1.54) is 0 Å². The number of carbonyl (C=O) groups is 1. The fourth-order valence-electron chi connectivity index (χ4n) is 1.86. The molecule has 18 heavy (non-hydrogen) atoms. The van der Waals surface area contributed by atoms with Crippen molar-refractivity contribution in [3.63, 3.8) is 0 Å². The molecular weight excluding hydrogens is 312 g/mol. The zero-order valence-electron chi connectivity index (χ0n) is 9.35. The maximum Gasteiger partial charge on any atom is 0.196 e. The van der Waals surface area contributed by atoms with Crippen LogP contribution in [0.5, 0.6) is 5.75 Å². The van der Waals surface area contributed by atoms with Crippen molar-refractivity contribution >= 4 is 39.1 Å². The molecule has 1 aromatic carbocycles. The molecule has 1 aliphatic heterocycles. The number of halogens is 1. The number of hydrogen-bond acceptors (Lipinski definition) is 3. The molecule has 0 spiro atoms. The van der Waals surface area contributed by atoms with Gasteiger partial charge in [-0.15, -0.1) is 11.3 Å². The summed E-state index contributed by atoms with van der Waals surface area (Å²) in [5.74, 6) is 0.730. The van der Waals surface area contributed by atoms with E-state index in [-0.39, 0.29) is 5.78 Å². The Morgan fingerprint density at radius 3 is 2.94 bits per heavy atom. The molecule has 0 N–H and O–H groups in total. The lowest BCUT2D eigenvalue weighted by atomic mass is 10.00. The lowest BCUT2D eigenvalue weighted by Crippen LogP contribution is -2.18. The maximum absolute atomic E-state index is 12.3. The number of Topliss-reactive ketones (excluding diaryl/α,β-unsaturated/α-hetero) is 1. The first kappa shape index (κ1) is 11.7. The van der Waals surface area contributed by atoms with Gasteiger partial charge in [0.15, 0.2) is 5.78 Å². The minimum atomic E-state index is 0.0568. The van der Waals surface area contributed by atoms with E-state index in [2.05, 4.69) is 15.9 Å². The molecule has 1 aliphatic rings. The predicted molar refractivity (Wildman–Crippen MR) is 76.3 cm³/mol. The average Bonchev–Trinajstić information content (AvgIpc) is 2.79. The Hall–Kier alpha value is -1.39. The molecule has 0 aliphatic carbocycles. The minimum absolute atomic E-state index is 0.0568. The van der Waals surface area contributed by atoms with Crippen LogP contribution in [-0.4, -0.2) is 12.4 Å². The smallest absolute Gasteiger partial charge is 0.196 e. The summed E-state index contributed by atoms with van der Waals surface area (Å²) in [6.45, 7) is 0.339. The van der Waals surface area contributed by atoms with Crippen LogP contribution >= 0.6 is 27.3 Å². The highest BCUT2D eigenvalue weighted by molar-refractivity contribution is 9.10. The van der Waals surface area contributed by atoms with E-state index in [9.17, 15) is 4.79 Å². The van der Waals surface area contributed by atoms with Crippen molar-refractivity contribution in [1.82, 2.24) is 0 Å². The molecular formula is C14H9BrO2S. The summed E-state index contributed by atoms with van der Waals surface area (Å²) in [4.78, 5) is 13.3. The monoisotopic (exact) mass is 320 g/mol. The third-order valence-electron chi connectivity index (χ3n) is 2.71. The molecule has 0 amide bonds. The van der Waals surface area contributed by atoms with Crippen LogP contribution in [0.1, 0.15) is 15.2 Å². The van der Waals surface area contributed by atoms with Gasteiger partial charge >= 0.3 is 0 Å². The summed E-state index contributed by atoms with van der Waals surface area (Å²) in [5, 5.41) is 1.99. The zero-order chi connectivity index (χ0) is 12.5. The van der Waals surface area contributed by atoms with Gasteiger partial charge in [0, 0.05) is 20.3 Å².